The Morgan fingerprint density at radius 3 is 2.83 bits per heavy atom. The van der Waals surface area contributed by atoms with Gasteiger partial charge in [0, 0.05) is 13.1 Å². The van der Waals surface area contributed by atoms with E-state index in [9.17, 15) is 13.2 Å². The number of nitrogens with zero attached hydrogens (tertiary/aromatic N) is 1. The van der Waals surface area contributed by atoms with Crippen molar-refractivity contribution in [2.24, 2.45) is 5.92 Å². The average molecular weight is 338 g/mol. The van der Waals surface area contributed by atoms with E-state index in [1.807, 2.05) is 0 Å². The van der Waals surface area contributed by atoms with Gasteiger partial charge in [-0.05, 0) is 34.8 Å². The molecule has 0 spiro atoms. The van der Waals surface area contributed by atoms with Gasteiger partial charge in [-0.15, -0.1) is 0 Å². The molecule has 2 rings (SSSR count). The number of rotatable bonds is 3. The number of carboxylic acids is 1. The second-order valence-electron chi connectivity index (χ2n) is 4.10. The molecule has 18 heavy (non-hydrogen) atoms. The maximum Gasteiger partial charge on any atom is 0.307 e. The van der Waals surface area contributed by atoms with E-state index < -0.39 is 21.9 Å². The van der Waals surface area contributed by atoms with Gasteiger partial charge in [-0.1, -0.05) is 0 Å². The number of carbonyl (C=O) groups is 1. The lowest BCUT2D eigenvalue weighted by Gasteiger charge is -2.28. The summed E-state index contributed by atoms with van der Waals surface area (Å²) >= 11 is 3.10. The van der Waals surface area contributed by atoms with E-state index in [2.05, 4.69) is 15.9 Å². The van der Waals surface area contributed by atoms with Gasteiger partial charge < -0.3 is 9.52 Å². The zero-order chi connectivity index (χ0) is 13.3. The number of furan rings is 1. The highest BCUT2D eigenvalue weighted by molar-refractivity contribution is 9.10. The van der Waals surface area contributed by atoms with E-state index in [4.69, 9.17) is 9.52 Å². The molecule has 0 radical (unpaired) electrons. The Balaban J connectivity index is 2.26. The molecule has 8 heteroatoms. The molecular weight excluding hydrogens is 326 g/mol. The molecule has 6 nitrogen and oxygen atoms in total. The minimum Gasteiger partial charge on any atom is -0.481 e. The summed E-state index contributed by atoms with van der Waals surface area (Å²) in [6, 6.07) is 1.49. The molecule has 1 aromatic heterocycles. The lowest BCUT2D eigenvalue weighted by Crippen LogP contribution is -2.42. The van der Waals surface area contributed by atoms with Crippen molar-refractivity contribution >= 4 is 31.9 Å². The van der Waals surface area contributed by atoms with Crippen LogP contribution in [0.15, 0.2) is 26.3 Å². The van der Waals surface area contributed by atoms with Crippen LogP contribution in [-0.2, 0) is 14.8 Å². The van der Waals surface area contributed by atoms with E-state index in [-0.39, 0.29) is 11.6 Å². The summed E-state index contributed by atoms with van der Waals surface area (Å²) in [7, 11) is -3.76. The molecule has 0 saturated carbocycles. The molecule has 2 heterocycles. The van der Waals surface area contributed by atoms with E-state index >= 15 is 0 Å². The molecule has 1 aliphatic rings. The van der Waals surface area contributed by atoms with Crippen LogP contribution in [0.3, 0.4) is 0 Å². The third kappa shape index (κ3) is 2.45. The summed E-state index contributed by atoms with van der Waals surface area (Å²) < 4.78 is 31.0. The van der Waals surface area contributed by atoms with Gasteiger partial charge in [0.25, 0.3) is 10.0 Å². The van der Waals surface area contributed by atoms with Crippen LogP contribution in [0.5, 0.6) is 0 Å². The minimum absolute atomic E-state index is 0.00912. The monoisotopic (exact) mass is 337 g/mol. The van der Waals surface area contributed by atoms with E-state index in [1.165, 1.54) is 16.6 Å². The Kier molecular flexibility index (Phi) is 3.79. The number of halogens is 1. The molecule has 1 atom stereocenters. The molecular formula is C10H12BrNO5S. The van der Waals surface area contributed by atoms with Gasteiger partial charge in [0.1, 0.15) is 0 Å². The average Bonchev–Trinajstić information content (AvgIpc) is 2.76. The molecule has 1 aliphatic heterocycles. The van der Waals surface area contributed by atoms with Gasteiger partial charge in [-0.3, -0.25) is 4.79 Å². The normalized spacial score (nSPS) is 21.9. The zero-order valence-electron chi connectivity index (χ0n) is 9.37. The molecule has 0 bridgehead atoms. The van der Waals surface area contributed by atoms with Crippen LogP contribution < -0.4 is 0 Å². The fourth-order valence-corrected chi connectivity index (χ4v) is 4.23. The molecule has 1 fully saturated rings. The van der Waals surface area contributed by atoms with Gasteiger partial charge in [0.05, 0.1) is 16.7 Å². The third-order valence-corrected chi connectivity index (χ3v) is 5.58. The molecule has 1 N–H and O–H groups in total. The van der Waals surface area contributed by atoms with Crippen molar-refractivity contribution in [1.82, 2.24) is 4.31 Å². The largest absolute Gasteiger partial charge is 0.481 e. The molecule has 0 aliphatic carbocycles. The molecule has 1 saturated heterocycles. The Morgan fingerprint density at radius 2 is 2.28 bits per heavy atom. The number of carboxylic acid groups (broad SMARTS) is 1. The van der Waals surface area contributed by atoms with Gasteiger partial charge in [-0.2, -0.15) is 4.31 Å². The Morgan fingerprint density at radius 1 is 1.56 bits per heavy atom. The van der Waals surface area contributed by atoms with Crippen molar-refractivity contribution in [2.45, 2.75) is 17.9 Å². The first kappa shape index (κ1) is 13.6. The predicted molar refractivity (Wildman–Crippen MR) is 65.5 cm³/mol. The van der Waals surface area contributed by atoms with Crippen LogP contribution >= 0.6 is 15.9 Å². The molecule has 100 valence electrons. The SMILES string of the molecule is O=C(O)[C@@H]1CCCN(S(=O)(=O)c2occc2Br)C1. The van der Waals surface area contributed by atoms with Gasteiger partial charge in [0.15, 0.2) is 0 Å². The van der Waals surface area contributed by atoms with E-state index in [1.54, 1.807) is 0 Å². The van der Waals surface area contributed by atoms with Crippen LogP contribution in [0.25, 0.3) is 0 Å². The van der Waals surface area contributed by atoms with Crippen molar-refractivity contribution in [3.8, 4) is 0 Å². The fourth-order valence-electron chi connectivity index (χ4n) is 1.94. The first-order valence-electron chi connectivity index (χ1n) is 5.39. The first-order valence-corrected chi connectivity index (χ1v) is 7.62. The zero-order valence-corrected chi connectivity index (χ0v) is 11.8. The maximum atomic E-state index is 12.2. The topological polar surface area (TPSA) is 87.8 Å². The summed E-state index contributed by atoms with van der Waals surface area (Å²) in [5.41, 5.74) is 0. The van der Waals surface area contributed by atoms with Gasteiger partial charge in [0.2, 0.25) is 5.09 Å². The van der Waals surface area contributed by atoms with Crippen molar-refractivity contribution < 1.29 is 22.7 Å². The highest BCUT2D eigenvalue weighted by Gasteiger charge is 2.35. The Hall–Kier alpha value is -0.860. The summed E-state index contributed by atoms with van der Waals surface area (Å²) in [6.45, 7) is 0.310. The highest BCUT2D eigenvalue weighted by atomic mass is 79.9. The standard InChI is InChI=1S/C10H12BrNO5S/c11-8-3-5-17-10(8)18(15,16)12-4-1-2-7(6-12)9(13)14/h3,5,7H,1-2,4,6H2,(H,13,14)/t7-/m1/s1. The van der Waals surface area contributed by atoms with Crippen LogP contribution in [0.1, 0.15) is 12.8 Å². The number of aliphatic carboxylic acids is 1. The van der Waals surface area contributed by atoms with Gasteiger partial charge >= 0.3 is 5.97 Å². The summed E-state index contributed by atoms with van der Waals surface area (Å²) in [5.74, 6) is -1.62. The van der Waals surface area contributed by atoms with Crippen molar-refractivity contribution in [2.75, 3.05) is 13.1 Å². The fraction of sp³-hybridized carbons (Fsp3) is 0.500. The lowest BCUT2D eigenvalue weighted by molar-refractivity contribution is -0.142. The first-order chi connectivity index (χ1) is 8.43. The summed E-state index contributed by atoms with van der Waals surface area (Å²) in [5, 5.41) is 8.78. The van der Waals surface area contributed by atoms with Crippen molar-refractivity contribution in [1.29, 1.82) is 0 Å². The van der Waals surface area contributed by atoms with Crippen molar-refractivity contribution in [3.63, 3.8) is 0 Å². The number of hydrogen-bond donors (Lipinski definition) is 1. The molecule has 0 unspecified atom stereocenters. The van der Waals surface area contributed by atoms with Crippen LogP contribution in [-0.4, -0.2) is 36.9 Å². The van der Waals surface area contributed by atoms with Crippen LogP contribution in [0.4, 0.5) is 0 Å². The minimum atomic E-state index is -3.76. The second-order valence-corrected chi connectivity index (χ2v) is 6.79. The summed E-state index contributed by atoms with van der Waals surface area (Å²) in [4.78, 5) is 10.9. The molecule has 1 aromatic rings. The maximum absolute atomic E-state index is 12.2. The smallest absolute Gasteiger partial charge is 0.307 e. The van der Waals surface area contributed by atoms with Crippen LogP contribution in [0, 0.1) is 5.92 Å². The third-order valence-electron chi connectivity index (χ3n) is 2.89. The Bertz CT molecular complexity index is 552. The van der Waals surface area contributed by atoms with E-state index in [0.717, 1.165) is 0 Å². The van der Waals surface area contributed by atoms with E-state index in [0.29, 0.717) is 23.9 Å². The quantitative estimate of drug-likeness (QED) is 0.903. The molecule has 0 amide bonds. The number of piperidine rings is 1. The number of sulfonamides is 1. The Labute approximate surface area is 113 Å². The highest BCUT2D eigenvalue weighted by Crippen LogP contribution is 2.29. The molecule has 0 aromatic carbocycles. The van der Waals surface area contributed by atoms with Crippen molar-refractivity contribution in [3.05, 3.63) is 16.8 Å². The van der Waals surface area contributed by atoms with Gasteiger partial charge in [-0.25, -0.2) is 8.42 Å². The predicted octanol–water partition coefficient (Wildman–Crippen LogP) is 1.53. The second kappa shape index (κ2) is 5.02. The number of hydrogen-bond acceptors (Lipinski definition) is 4. The van der Waals surface area contributed by atoms with Crippen LogP contribution in [0.2, 0.25) is 0 Å². The lowest BCUT2D eigenvalue weighted by atomic mass is 10.0. The summed E-state index contributed by atoms with van der Waals surface area (Å²) in [6.07, 6.45) is 2.31.